The molecule has 3 aromatic rings. The van der Waals surface area contributed by atoms with Crippen molar-refractivity contribution < 1.29 is 18.7 Å². The summed E-state index contributed by atoms with van der Waals surface area (Å²) in [5.74, 6) is -0.846. The molecule has 0 atom stereocenters. The first-order chi connectivity index (χ1) is 12.1. The Hall–Kier alpha value is -2.93. The summed E-state index contributed by atoms with van der Waals surface area (Å²) in [6, 6.07) is 11.5. The lowest BCUT2D eigenvalue weighted by atomic mass is 10.0. The Morgan fingerprint density at radius 3 is 2.24 bits per heavy atom. The van der Waals surface area contributed by atoms with Gasteiger partial charge >= 0.3 is 5.97 Å². The van der Waals surface area contributed by atoms with Crippen molar-refractivity contribution in [1.82, 2.24) is 9.59 Å². The first kappa shape index (κ1) is 16.9. The molecule has 0 amide bonds. The highest BCUT2D eigenvalue weighted by atomic mass is 32.1. The van der Waals surface area contributed by atoms with Crippen LogP contribution in [0.5, 0.6) is 5.75 Å². The van der Waals surface area contributed by atoms with E-state index in [1.165, 1.54) is 36.4 Å². The van der Waals surface area contributed by atoms with Gasteiger partial charge in [0.05, 0.1) is 5.69 Å². The van der Waals surface area contributed by atoms with Gasteiger partial charge in [-0.2, -0.15) is 0 Å². The van der Waals surface area contributed by atoms with E-state index in [0.29, 0.717) is 33.9 Å². The Bertz CT molecular complexity index is 905. The van der Waals surface area contributed by atoms with Crippen molar-refractivity contribution in [3.63, 3.8) is 0 Å². The molecule has 0 unspecified atom stereocenters. The van der Waals surface area contributed by atoms with Gasteiger partial charge in [0, 0.05) is 11.1 Å². The number of nitrogens with zero attached hydrogens (tertiary/aromatic N) is 2. The minimum atomic E-state index is -0.524. The van der Waals surface area contributed by atoms with Crippen LogP contribution in [0.1, 0.15) is 38.2 Å². The summed E-state index contributed by atoms with van der Waals surface area (Å²) in [6.07, 6.45) is 0.589. The van der Waals surface area contributed by atoms with Crippen molar-refractivity contribution in [1.29, 1.82) is 0 Å². The van der Waals surface area contributed by atoms with E-state index >= 15 is 0 Å². The minimum Gasteiger partial charge on any atom is -0.422 e. The largest absolute Gasteiger partial charge is 0.422 e. The maximum Gasteiger partial charge on any atom is 0.357 e. The van der Waals surface area contributed by atoms with Gasteiger partial charge in [-0.1, -0.05) is 11.4 Å². The smallest absolute Gasteiger partial charge is 0.357 e. The minimum absolute atomic E-state index is 0.238. The molecule has 0 bridgehead atoms. The Labute approximate surface area is 147 Å². The fourth-order valence-corrected chi connectivity index (χ4v) is 2.82. The lowest BCUT2D eigenvalue weighted by Gasteiger charge is -2.05. The lowest BCUT2D eigenvalue weighted by molar-refractivity contribution is 0.0738. The normalized spacial score (nSPS) is 10.5. The Kier molecular flexibility index (Phi) is 4.95. The molecule has 3 rings (SSSR count). The summed E-state index contributed by atoms with van der Waals surface area (Å²) >= 11 is 0.988. The number of carbonyl (C=O) groups is 2. The van der Waals surface area contributed by atoms with Crippen molar-refractivity contribution >= 4 is 23.3 Å². The maximum absolute atomic E-state index is 12.9. The topological polar surface area (TPSA) is 69.2 Å². The first-order valence-electron chi connectivity index (χ1n) is 7.52. The molecule has 0 radical (unpaired) electrons. The summed E-state index contributed by atoms with van der Waals surface area (Å²) in [5.41, 5.74) is 1.40. The number of hydrogen-bond donors (Lipinski definition) is 0. The van der Waals surface area contributed by atoms with Crippen molar-refractivity contribution in [3.8, 4) is 5.75 Å². The average molecular weight is 356 g/mol. The van der Waals surface area contributed by atoms with Crippen LogP contribution in [0.4, 0.5) is 4.39 Å². The third kappa shape index (κ3) is 3.77. The summed E-state index contributed by atoms with van der Waals surface area (Å²) in [7, 11) is 0. The Balaban J connectivity index is 1.73. The number of esters is 1. The summed E-state index contributed by atoms with van der Waals surface area (Å²) < 4.78 is 22.0. The molecule has 7 heteroatoms. The Morgan fingerprint density at radius 2 is 1.64 bits per heavy atom. The second-order valence-electron chi connectivity index (χ2n) is 5.15. The zero-order chi connectivity index (χ0) is 17.8. The molecule has 5 nitrogen and oxygen atoms in total. The second kappa shape index (κ2) is 7.31. The molecular formula is C18H13FN2O3S. The third-order valence-electron chi connectivity index (χ3n) is 3.51. The number of benzene rings is 2. The zero-order valence-electron chi connectivity index (χ0n) is 13.2. The van der Waals surface area contributed by atoms with Gasteiger partial charge in [-0.15, -0.1) is 5.10 Å². The first-order valence-corrected chi connectivity index (χ1v) is 8.29. The predicted octanol–water partition coefficient (Wildman–Crippen LogP) is 3.69. The van der Waals surface area contributed by atoms with Gasteiger partial charge in [0.2, 0.25) is 0 Å². The molecule has 0 aliphatic heterocycles. The van der Waals surface area contributed by atoms with Gasteiger partial charge < -0.3 is 4.74 Å². The molecule has 1 heterocycles. The van der Waals surface area contributed by atoms with E-state index in [4.69, 9.17) is 4.74 Å². The molecule has 0 fully saturated rings. The average Bonchev–Trinajstić information content (AvgIpc) is 3.11. The van der Waals surface area contributed by atoms with E-state index in [9.17, 15) is 14.0 Å². The van der Waals surface area contributed by atoms with E-state index in [0.717, 1.165) is 11.5 Å². The fraction of sp³-hybridized carbons (Fsp3) is 0.111. The molecule has 0 saturated heterocycles. The number of carbonyl (C=O) groups excluding carboxylic acids is 2. The van der Waals surface area contributed by atoms with Gasteiger partial charge in [0.1, 0.15) is 11.6 Å². The number of aryl methyl sites for hydroxylation is 1. The summed E-state index contributed by atoms with van der Waals surface area (Å²) in [5, 5.41) is 3.87. The van der Waals surface area contributed by atoms with E-state index in [1.54, 1.807) is 12.1 Å². The lowest BCUT2D eigenvalue weighted by Crippen LogP contribution is -2.09. The molecule has 126 valence electrons. The van der Waals surface area contributed by atoms with Crippen molar-refractivity contribution in [2.45, 2.75) is 13.3 Å². The van der Waals surface area contributed by atoms with Gasteiger partial charge in [0.25, 0.3) is 0 Å². The number of hydrogen-bond acceptors (Lipinski definition) is 6. The molecule has 25 heavy (non-hydrogen) atoms. The van der Waals surface area contributed by atoms with Crippen LogP contribution in [-0.2, 0) is 6.42 Å². The molecule has 1 aromatic heterocycles. The molecular weight excluding hydrogens is 343 g/mol. The number of ether oxygens (including phenoxy) is 1. The van der Waals surface area contributed by atoms with Crippen LogP contribution in [0, 0.1) is 5.82 Å². The van der Waals surface area contributed by atoms with Gasteiger partial charge in [-0.3, -0.25) is 4.79 Å². The highest BCUT2D eigenvalue weighted by molar-refractivity contribution is 7.07. The number of ketones is 1. The van der Waals surface area contributed by atoms with E-state index < -0.39 is 11.8 Å². The van der Waals surface area contributed by atoms with Crippen LogP contribution >= 0.6 is 11.5 Å². The molecule has 0 aliphatic carbocycles. The van der Waals surface area contributed by atoms with E-state index in [1.807, 2.05) is 6.92 Å². The highest BCUT2D eigenvalue weighted by Gasteiger charge is 2.17. The molecule has 0 aliphatic rings. The summed E-state index contributed by atoms with van der Waals surface area (Å²) in [6.45, 7) is 1.88. The van der Waals surface area contributed by atoms with Crippen molar-refractivity contribution in [2.75, 3.05) is 0 Å². The SMILES string of the molecule is CCc1nnsc1C(=O)Oc1ccc(C(=O)c2ccc(F)cc2)cc1. The van der Waals surface area contributed by atoms with Gasteiger partial charge in [-0.05, 0) is 66.5 Å². The van der Waals surface area contributed by atoms with Crippen LogP contribution in [0.3, 0.4) is 0 Å². The standard InChI is InChI=1S/C18H13FN2O3S/c1-2-15-17(25-21-20-15)18(23)24-14-9-5-12(6-10-14)16(22)11-3-7-13(19)8-4-11/h3-10H,2H2,1H3. The summed E-state index contributed by atoms with van der Waals surface area (Å²) in [4.78, 5) is 24.8. The number of aromatic nitrogens is 2. The Morgan fingerprint density at radius 1 is 1.04 bits per heavy atom. The van der Waals surface area contributed by atoms with Crippen LogP contribution in [0.25, 0.3) is 0 Å². The molecule has 2 aromatic carbocycles. The van der Waals surface area contributed by atoms with Crippen molar-refractivity contribution in [3.05, 3.63) is 76.0 Å². The van der Waals surface area contributed by atoms with Crippen LogP contribution in [0.15, 0.2) is 48.5 Å². The zero-order valence-corrected chi connectivity index (χ0v) is 14.0. The van der Waals surface area contributed by atoms with Crippen LogP contribution in [0.2, 0.25) is 0 Å². The highest BCUT2D eigenvalue weighted by Crippen LogP contribution is 2.19. The van der Waals surface area contributed by atoms with Gasteiger partial charge in [-0.25, -0.2) is 9.18 Å². The quantitative estimate of drug-likeness (QED) is 0.396. The molecule has 0 N–H and O–H groups in total. The van der Waals surface area contributed by atoms with Crippen LogP contribution < -0.4 is 4.74 Å². The second-order valence-corrected chi connectivity index (χ2v) is 5.91. The van der Waals surface area contributed by atoms with Crippen LogP contribution in [-0.4, -0.2) is 21.3 Å². The maximum atomic E-state index is 12.9. The van der Waals surface area contributed by atoms with E-state index in [-0.39, 0.29) is 5.78 Å². The molecule has 0 saturated carbocycles. The number of halogens is 1. The van der Waals surface area contributed by atoms with E-state index in [2.05, 4.69) is 9.59 Å². The molecule has 0 spiro atoms. The fourth-order valence-electron chi connectivity index (χ4n) is 2.19. The monoisotopic (exact) mass is 356 g/mol. The van der Waals surface area contributed by atoms with Gasteiger partial charge in [0.15, 0.2) is 10.7 Å². The third-order valence-corrected chi connectivity index (χ3v) is 4.26. The predicted molar refractivity (Wildman–Crippen MR) is 90.5 cm³/mol. The van der Waals surface area contributed by atoms with Crippen molar-refractivity contribution in [2.24, 2.45) is 0 Å². The number of rotatable bonds is 5.